The topological polar surface area (TPSA) is 85.1 Å². The molecule has 12 heavy (non-hydrogen) atoms. The van der Waals surface area contributed by atoms with Gasteiger partial charge in [-0.25, -0.2) is 13.1 Å². The van der Waals surface area contributed by atoms with E-state index in [0.29, 0.717) is 12.3 Å². The van der Waals surface area contributed by atoms with Gasteiger partial charge in [-0.05, 0) is 0 Å². The number of hydrogen-bond donors (Lipinski definition) is 1. The number of aromatic nitrogens is 2. The standard InChI is InChI=1S/C5H9N3O3S/c1-12(9,10)8-3-2-5-6-4-7-11-5/h4,8H,2-3H2,1H3. The number of nitrogens with one attached hydrogen (secondary N) is 1. The highest BCUT2D eigenvalue weighted by Crippen LogP contribution is 1.90. The third-order valence-corrected chi connectivity index (χ3v) is 1.84. The van der Waals surface area contributed by atoms with Crippen molar-refractivity contribution in [2.45, 2.75) is 6.42 Å². The van der Waals surface area contributed by atoms with Crippen molar-refractivity contribution in [3.63, 3.8) is 0 Å². The van der Waals surface area contributed by atoms with Crippen molar-refractivity contribution in [3.05, 3.63) is 12.2 Å². The molecule has 0 aliphatic rings. The van der Waals surface area contributed by atoms with Crippen LogP contribution in [-0.2, 0) is 16.4 Å². The summed E-state index contributed by atoms with van der Waals surface area (Å²) in [6, 6.07) is 0. The van der Waals surface area contributed by atoms with Crippen LogP contribution in [0.3, 0.4) is 0 Å². The molecule has 7 heteroatoms. The van der Waals surface area contributed by atoms with Crippen molar-refractivity contribution >= 4 is 10.0 Å². The van der Waals surface area contributed by atoms with E-state index in [-0.39, 0.29) is 6.54 Å². The maximum Gasteiger partial charge on any atom is 0.227 e. The van der Waals surface area contributed by atoms with Gasteiger partial charge in [0.1, 0.15) is 0 Å². The van der Waals surface area contributed by atoms with Gasteiger partial charge < -0.3 is 4.52 Å². The van der Waals surface area contributed by atoms with E-state index >= 15 is 0 Å². The first-order valence-corrected chi connectivity index (χ1v) is 5.17. The van der Waals surface area contributed by atoms with Crippen LogP contribution in [-0.4, -0.2) is 31.4 Å². The maximum atomic E-state index is 10.6. The lowest BCUT2D eigenvalue weighted by Gasteiger charge is -1.97. The van der Waals surface area contributed by atoms with Crippen LogP contribution in [0.15, 0.2) is 10.9 Å². The molecule has 1 heterocycles. The Morgan fingerprint density at radius 3 is 2.92 bits per heavy atom. The second kappa shape index (κ2) is 3.63. The molecular weight excluding hydrogens is 182 g/mol. The highest BCUT2D eigenvalue weighted by atomic mass is 32.2. The normalized spacial score (nSPS) is 11.8. The van der Waals surface area contributed by atoms with Crippen molar-refractivity contribution in [2.24, 2.45) is 0 Å². The summed E-state index contributed by atoms with van der Waals surface area (Å²) in [5, 5.41) is 3.37. The van der Waals surface area contributed by atoms with Gasteiger partial charge in [-0.15, -0.1) is 0 Å². The van der Waals surface area contributed by atoms with Gasteiger partial charge in [0.2, 0.25) is 15.9 Å². The Morgan fingerprint density at radius 2 is 2.42 bits per heavy atom. The van der Waals surface area contributed by atoms with Crippen LogP contribution >= 0.6 is 0 Å². The molecule has 0 saturated carbocycles. The van der Waals surface area contributed by atoms with E-state index in [1.807, 2.05) is 0 Å². The Kier molecular flexibility index (Phi) is 2.77. The lowest BCUT2D eigenvalue weighted by Crippen LogP contribution is -2.24. The quantitative estimate of drug-likeness (QED) is 0.670. The van der Waals surface area contributed by atoms with Crippen molar-refractivity contribution < 1.29 is 12.9 Å². The third kappa shape index (κ3) is 3.44. The Bertz CT molecular complexity index is 318. The van der Waals surface area contributed by atoms with Gasteiger partial charge in [-0.3, -0.25) is 0 Å². The summed E-state index contributed by atoms with van der Waals surface area (Å²) in [4.78, 5) is 3.72. The van der Waals surface area contributed by atoms with Gasteiger partial charge in [0.05, 0.1) is 6.26 Å². The fraction of sp³-hybridized carbons (Fsp3) is 0.600. The molecule has 0 unspecified atom stereocenters. The summed E-state index contributed by atoms with van der Waals surface area (Å²) in [6.07, 6.45) is 2.78. The minimum atomic E-state index is -3.12. The van der Waals surface area contributed by atoms with E-state index in [1.165, 1.54) is 6.33 Å². The molecule has 0 aliphatic heterocycles. The number of rotatable bonds is 4. The second-order valence-electron chi connectivity index (χ2n) is 2.25. The molecule has 1 N–H and O–H groups in total. The molecule has 0 aromatic carbocycles. The van der Waals surface area contributed by atoms with E-state index in [1.54, 1.807) is 0 Å². The molecule has 0 atom stereocenters. The number of sulfonamides is 1. The Hall–Kier alpha value is -0.950. The van der Waals surface area contributed by atoms with Crippen LogP contribution < -0.4 is 4.72 Å². The van der Waals surface area contributed by atoms with Crippen molar-refractivity contribution in [1.82, 2.24) is 14.9 Å². The van der Waals surface area contributed by atoms with Crippen LogP contribution in [0.2, 0.25) is 0 Å². The smallest absolute Gasteiger partial charge is 0.227 e. The van der Waals surface area contributed by atoms with Gasteiger partial charge >= 0.3 is 0 Å². The number of nitrogens with zero attached hydrogens (tertiary/aromatic N) is 2. The third-order valence-electron chi connectivity index (χ3n) is 1.11. The fourth-order valence-corrected chi connectivity index (χ4v) is 1.12. The molecule has 0 saturated heterocycles. The van der Waals surface area contributed by atoms with Crippen LogP contribution in [0.1, 0.15) is 5.89 Å². The minimum Gasteiger partial charge on any atom is -0.340 e. The lowest BCUT2D eigenvalue weighted by atomic mass is 10.4. The van der Waals surface area contributed by atoms with Crippen LogP contribution in [0.4, 0.5) is 0 Å². The zero-order valence-electron chi connectivity index (χ0n) is 6.52. The van der Waals surface area contributed by atoms with Gasteiger partial charge in [0.15, 0.2) is 6.33 Å². The van der Waals surface area contributed by atoms with E-state index in [0.717, 1.165) is 6.26 Å². The average Bonchev–Trinajstić information content (AvgIpc) is 2.36. The molecule has 1 aromatic rings. The zero-order valence-corrected chi connectivity index (χ0v) is 7.34. The summed E-state index contributed by atoms with van der Waals surface area (Å²) >= 11 is 0. The Balaban J connectivity index is 2.29. The number of hydrogen-bond acceptors (Lipinski definition) is 5. The highest BCUT2D eigenvalue weighted by Gasteiger charge is 2.02. The van der Waals surface area contributed by atoms with Crippen LogP contribution in [0.5, 0.6) is 0 Å². The monoisotopic (exact) mass is 191 g/mol. The zero-order chi connectivity index (χ0) is 9.03. The van der Waals surface area contributed by atoms with E-state index < -0.39 is 10.0 Å². The first-order valence-electron chi connectivity index (χ1n) is 3.28. The molecule has 0 amide bonds. The Morgan fingerprint density at radius 1 is 1.67 bits per heavy atom. The first-order chi connectivity index (χ1) is 5.58. The predicted molar refractivity (Wildman–Crippen MR) is 40.8 cm³/mol. The largest absolute Gasteiger partial charge is 0.340 e. The molecule has 68 valence electrons. The van der Waals surface area contributed by atoms with E-state index in [9.17, 15) is 8.42 Å². The van der Waals surface area contributed by atoms with E-state index in [4.69, 9.17) is 0 Å². The summed E-state index contributed by atoms with van der Waals surface area (Å²) < 4.78 is 28.1. The fourth-order valence-electron chi connectivity index (χ4n) is 0.649. The molecule has 1 aromatic heterocycles. The predicted octanol–water partition coefficient (Wildman–Crippen LogP) is -0.839. The van der Waals surface area contributed by atoms with Gasteiger partial charge in [-0.2, -0.15) is 4.98 Å². The summed E-state index contributed by atoms with van der Waals surface area (Å²) in [6.45, 7) is 0.279. The molecule has 0 bridgehead atoms. The average molecular weight is 191 g/mol. The van der Waals surface area contributed by atoms with Gasteiger partial charge in [-0.1, -0.05) is 5.16 Å². The summed E-state index contributed by atoms with van der Waals surface area (Å²) in [5.41, 5.74) is 0. The van der Waals surface area contributed by atoms with Crippen molar-refractivity contribution in [1.29, 1.82) is 0 Å². The molecule has 0 aliphatic carbocycles. The van der Waals surface area contributed by atoms with Crippen molar-refractivity contribution in [2.75, 3.05) is 12.8 Å². The SMILES string of the molecule is CS(=O)(=O)NCCc1ncno1. The summed E-state index contributed by atoms with van der Waals surface area (Å²) in [7, 11) is -3.12. The van der Waals surface area contributed by atoms with Gasteiger partial charge in [0, 0.05) is 13.0 Å². The molecular formula is C5H9N3O3S. The highest BCUT2D eigenvalue weighted by molar-refractivity contribution is 7.88. The molecule has 1 rings (SSSR count). The molecule has 0 spiro atoms. The van der Waals surface area contributed by atoms with Crippen LogP contribution in [0.25, 0.3) is 0 Å². The van der Waals surface area contributed by atoms with Crippen LogP contribution in [0, 0.1) is 0 Å². The minimum absolute atomic E-state index is 0.279. The Labute approximate surface area is 70.0 Å². The molecule has 0 fully saturated rings. The molecule has 6 nitrogen and oxygen atoms in total. The van der Waals surface area contributed by atoms with E-state index in [2.05, 4.69) is 19.4 Å². The first kappa shape index (κ1) is 9.14. The van der Waals surface area contributed by atoms with Gasteiger partial charge in [0.25, 0.3) is 0 Å². The lowest BCUT2D eigenvalue weighted by molar-refractivity contribution is 0.377. The summed E-state index contributed by atoms with van der Waals surface area (Å²) in [5.74, 6) is 0.422. The van der Waals surface area contributed by atoms with Crippen molar-refractivity contribution in [3.8, 4) is 0 Å². The second-order valence-corrected chi connectivity index (χ2v) is 4.08. The molecule has 0 radical (unpaired) electrons. The maximum absolute atomic E-state index is 10.6.